The Hall–Kier alpha value is -1.21. The SMILES string of the molecule is CSc1nc(Cl)cc(N2CCN(C(=O)OC(C)(C)C)C(C)C2)n1. The van der Waals surface area contributed by atoms with Crippen molar-refractivity contribution in [1.82, 2.24) is 14.9 Å². The van der Waals surface area contributed by atoms with Crippen molar-refractivity contribution in [1.29, 1.82) is 0 Å². The molecular weight excluding hydrogens is 336 g/mol. The van der Waals surface area contributed by atoms with Crippen LogP contribution in [0, 0.1) is 0 Å². The quantitative estimate of drug-likeness (QED) is 0.459. The Morgan fingerprint density at radius 1 is 1.39 bits per heavy atom. The Kier molecular flexibility index (Phi) is 5.62. The van der Waals surface area contributed by atoms with Crippen molar-refractivity contribution in [2.75, 3.05) is 30.8 Å². The molecule has 1 saturated heterocycles. The first kappa shape index (κ1) is 18.1. The number of ether oxygens (including phenoxy) is 1. The molecule has 0 saturated carbocycles. The first-order valence-corrected chi connectivity index (χ1v) is 9.13. The van der Waals surface area contributed by atoms with Crippen LogP contribution in [0.2, 0.25) is 5.15 Å². The lowest BCUT2D eigenvalue weighted by molar-refractivity contribution is 0.0158. The Labute approximate surface area is 146 Å². The van der Waals surface area contributed by atoms with Crippen molar-refractivity contribution in [3.8, 4) is 0 Å². The molecule has 0 aromatic carbocycles. The third kappa shape index (κ3) is 4.88. The molecule has 1 aliphatic rings. The number of hydrogen-bond acceptors (Lipinski definition) is 6. The number of carbonyl (C=O) groups excluding carboxylic acids is 1. The van der Waals surface area contributed by atoms with E-state index in [2.05, 4.69) is 14.9 Å². The lowest BCUT2D eigenvalue weighted by Gasteiger charge is -2.40. The lowest BCUT2D eigenvalue weighted by Crippen LogP contribution is -2.55. The van der Waals surface area contributed by atoms with Crippen molar-refractivity contribution < 1.29 is 9.53 Å². The van der Waals surface area contributed by atoms with Crippen LogP contribution in [0.1, 0.15) is 27.7 Å². The maximum atomic E-state index is 12.3. The number of carbonyl (C=O) groups is 1. The van der Waals surface area contributed by atoms with Gasteiger partial charge in [0.15, 0.2) is 5.16 Å². The van der Waals surface area contributed by atoms with Crippen molar-refractivity contribution in [3.63, 3.8) is 0 Å². The maximum absolute atomic E-state index is 12.3. The largest absolute Gasteiger partial charge is 0.444 e. The summed E-state index contributed by atoms with van der Waals surface area (Å²) >= 11 is 7.52. The zero-order chi connectivity index (χ0) is 17.2. The fraction of sp³-hybridized carbons (Fsp3) is 0.667. The molecule has 1 atom stereocenters. The second-order valence-corrected chi connectivity index (χ2v) is 7.66. The molecule has 6 nitrogen and oxygen atoms in total. The minimum absolute atomic E-state index is 0.0325. The number of piperazine rings is 1. The van der Waals surface area contributed by atoms with Gasteiger partial charge >= 0.3 is 6.09 Å². The number of aromatic nitrogens is 2. The van der Waals surface area contributed by atoms with Gasteiger partial charge < -0.3 is 14.5 Å². The fourth-order valence-corrected chi connectivity index (χ4v) is 3.00. The topological polar surface area (TPSA) is 58.6 Å². The zero-order valence-electron chi connectivity index (χ0n) is 14.2. The van der Waals surface area contributed by atoms with Gasteiger partial charge in [0.25, 0.3) is 0 Å². The summed E-state index contributed by atoms with van der Waals surface area (Å²) in [6.45, 7) is 9.59. The number of anilines is 1. The van der Waals surface area contributed by atoms with Gasteiger partial charge in [-0.15, -0.1) is 0 Å². The summed E-state index contributed by atoms with van der Waals surface area (Å²) in [5.41, 5.74) is -0.485. The van der Waals surface area contributed by atoms with E-state index >= 15 is 0 Å². The predicted octanol–water partition coefficient (Wildman–Crippen LogP) is 3.30. The van der Waals surface area contributed by atoms with Crippen LogP contribution >= 0.6 is 23.4 Å². The van der Waals surface area contributed by atoms with E-state index < -0.39 is 5.60 Å². The smallest absolute Gasteiger partial charge is 0.410 e. The van der Waals surface area contributed by atoms with Crippen LogP contribution < -0.4 is 4.90 Å². The average molecular weight is 359 g/mol. The molecule has 1 aliphatic heterocycles. The summed E-state index contributed by atoms with van der Waals surface area (Å²) in [5.74, 6) is 0.796. The fourth-order valence-electron chi connectivity index (χ4n) is 2.40. The van der Waals surface area contributed by atoms with E-state index in [9.17, 15) is 4.79 Å². The molecule has 2 heterocycles. The van der Waals surface area contributed by atoms with E-state index in [0.717, 1.165) is 5.82 Å². The van der Waals surface area contributed by atoms with Gasteiger partial charge in [-0.25, -0.2) is 14.8 Å². The normalized spacial score (nSPS) is 19.0. The summed E-state index contributed by atoms with van der Waals surface area (Å²) in [5, 5.41) is 1.08. The average Bonchev–Trinajstić information content (AvgIpc) is 2.44. The Morgan fingerprint density at radius 2 is 2.09 bits per heavy atom. The summed E-state index contributed by atoms with van der Waals surface area (Å²) < 4.78 is 5.46. The molecule has 128 valence electrons. The predicted molar refractivity (Wildman–Crippen MR) is 93.4 cm³/mol. The standard InChI is InChI=1S/C15H23ClN4O2S/c1-10-9-19(12-8-11(16)17-13(18-12)23-5)6-7-20(10)14(21)22-15(2,3)4/h8,10H,6-7,9H2,1-5H3. The minimum Gasteiger partial charge on any atom is -0.444 e. The molecular formula is C15H23ClN4O2S. The number of halogens is 1. The number of rotatable bonds is 2. The highest BCUT2D eigenvalue weighted by atomic mass is 35.5. The second kappa shape index (κ2) is 7.13. The van der Waals surface area contributed by atoms with E-state index in [1.807, 2.05) is 34.0 Å². The molecule has 1 fully saturated rings. The van der Waals surface area contributed by atoms with Crippen molar-refractivity contribution >= 4 is 35.3 Å². The third-order valence-electron chi connectivity index (χ3n) is 3.42. The van der Waals surface area contributed by atoms with Gasteiger partial charge in [-0.3, -0.25) is 0 Å². The highest BCUT2D eigenvalue weighted by Gasteiger charge is 2.31. The van der Waals surface area contributed by atoms with Crippen molar-refractivity contribution in [2.24, 2.45) is 0 Å². The van der Waals surface area contributed by atoms with Gasteiger partial charge in [0.1, 0.15) is 16.6 Å². The first-order valence-electron chi connectivity index (χ1n) is 7.53. The number of hydrogen-bond donors (Lipinski definition) is 0. The molecule has 0 aliphatic carbocycles. The summed E-state index contributed by atoms with van der Waals surface area (Å²) in [6.07, 6.45) is 1.65. The van der Waals surface area contributed by atoms with E-state index in [1.54, 1.807) is 11.0 Å². The first-order chi connectivity index (χ1) is 10.7. The van der Waals surface area contributed by atoms with Gasteiger partial charge in [0, 0.05) is 31.7 Å². The van der Waals surface area contributed by atoms with Gasteiger partial charge in [-0.05, 0) is 34.0 Å². The minimum atomic E-state index is -0.485. The maximum Gasteiger partial charge on any atom is 0.410 e. The molecule has 8 heteroatoms. The van der Waals surface area contributed by atoms with E-state index in [4.69, 9.17) is 16.3 Å². The van der Waals surface area contributed by atoms with Crippen LogP contribution in [0.4, 0.5) is 10.6 Å². The third-order valence-corrected chi connectivity index (χ3v) is 4.16. The van der Waals surface area contributed by atoms with Gasteiger partial charge in [-0.1, -0.05) is 23.4 Å². The van der Waals surface area contributed by atoms with E-state index in [1.165, 1.54) is 11.8 Å². The Balaban J connectivity index is 2.06. The van der Waals surface area contributed by atoms with Crippen LogP contribution in [0.25, 0.3) is 0 Å². The van der Waals surface area contributed by atoms with Crippen LogP contribution in [-0.4, -0.2) is 58.5 Å². The molecule has 1 aromatic heterocycles. The van der Waals surface area contributed by atoms with Crippen molar-refractivity contribution in [2.45, 2.75) is 44.5 Å². The van der Waals surface area contributed by atoms with Crippen molar-refractivity contribution in [3.05, 3.63) is 11.2 Å². The molecule has 0 bridgehead atoms. The van der Waals surface area contributed by atoms with Gasteiger partial charge in [-0.2, -0.15) is 0 Å². The van der Waals surface area contributed by atoms with Gasteiger partial charge in [0.05, 0.1) is 0 Å². The van der Waals surface area contributed by atoms with Crippen LogP contribution in [-0.2, 0) is 4.74 Å². The highest BCUT2D eigenvalue weighted by molar-refractivity contribution is 7.98. The highest BCUT2D eigenvalue weighted by Crippen LogP contribution is 2.23. The molecule has 1 aromatic rings. The monoisotopic (exact) mass is 358 g/mol. The van der Waals surface area contributed by atoms with Crippen LogP contribution in [0.15, 0.2) is 11.2 Å². The van der Waals surface area contributed by atoms with Gasteiger partial charge in [0.2, 0.25) is 0 Å². The number of nitrogens with zero attached hydrogens (tertiary/aromatic N) is 4. The van der Waals surface area contributed by atoms with Crippen LogP contribution in [0.3, 0.4) is 0 Å². The molecule has 0 N–H and O–H groups in total. The zero-order valence-corrected chi connectivity index (χ0v) is 15.7. The Bertz CT molecular complexity index is 579. The summed E-state index contributed by atoms with van der Waals surface area (Å²) in [6, 6.07) is 1.79. The molecule has 2 rings (SSSR count). The molecule has 23 heavy (non-hydrogen) atoms. The summed E-state index contributed by atoms with van der Waals surface area (Å²) in [4.78, 5) is 24.8. The number of thioether (sulfide) groups is 1. The molecule has 1 amide bonds. The Morgan fingerprint density at radius 3 is 2.65 bits per heavy atom. The molecule has 1 unspecified atom stereocenters. The lowest BCUT2D eigenvalue weighted by atomic mass is 10.2. The second-order valence-electron chi connectivity index (χ2n) is 6.50. The summed E-state index contributed by atoms with van der Waals surface area (Å²) in [7, 11) is 0. The molecule has 0 radical (unpaired) electrons. The van der Waals surface area contributed by atoms with Crippen LogP contribution in [0.5, 0.6) is 0 Å². The number of amides is 1. The van der Waals surface area contributed by atoms with E-state index in [0.29, 0.717) is 29.9 Å². The molecule has 0 spiro atoms. The van der Waals surface area contributed by atoms with E-state index in [-0.39, 0.29) is 12.1 Å².